The molecule has 3 amide bonds. The number of carbonyl (C=O) groups is 3. The van der Waals surface area contributed by atoms with Crippen molar-refractivity contribution in [3.8, 4) is 11.5 Å². The molecule has 0 aromatic carbocycles. The third-order valence-electron chi connectivity index (χ3n) is 5.67. The number of Topliss-reactive ketones (excluding diaryl/α,β-unsaturated/α-hetero) is 1. The van der Waals surface area contributed by atoms with Crippen molar-refractivity contribution in [3.05, 3.63) is 23.9 Å². The molecule has 0 aliphatic carbocycles. The summed E-state index contributed by atoms with van der Waals surface area (Å²) >= 11 is 0. The number of ketones is 1. The van der Waals surface area contributed by atoms with Crippen LogP contribution in [0, 0.1) is 6.92 Å². The van der Waals surface area contributed by atoms with Crippen LogP contribution in [0.2, 0.25) is 0 Å². The first kappa shape index (κ1) is 27.2. The van der Waals surface area contributed by atoms with Gasteiger partial charge in [0.05, 0.1) is 25.5 Å². The van der Waals surface area contributed by atoms with E-state index < -0.39 is 48.6 Å². The zero-order valence-corrected chi connectivity index (χ0v) is 20.5. The molecule has 2 N–H and O–H groups in total. The van der Waals surface area contributed by atoms with E-state index in [4.69, 9.17) is 13.7 Å². The number of aryl methyl sites for hydroxylation is 1. The van der Waals surface area contributed by atoms with Crippen LogP contribution in [0.1, 0.15) is 56.0 Å². The average molecular weight is 512 g/mol. The normalized spacial score (nSPS) is 15.9. The number of oxazole rings is 1. The van der Waals surface area contributed by atoms with Gasteiger partial charge in [0.25, 0.3) is 11.8 Å². The van der Waals surface area contributed by atoms with E-state index in [0.717, 1.165) is 0 Å². The maximum atomic E-state index is 14.5. The van der Waals surface area contributed by atoms with Gasteiger partial charge in [-0.05, 0) is 13.3 Å². The lowest BCUT2D eigenvalue weighted by molar-refractivity contribution is -0.126. The third-order valence-corrected chi connectivity index (χ3v) is 5.67. The first-order valence-corrected chi connectivity index (χ1v) is 11.9. The number of morpholine rings is 1. The van der Waals surface area contributed by atoms with Gasteiger partial charge < -0.3 is 29.2 Å². The predicted molar refractivity (Wildman–Crippen MR) is 122 cm³/mol. The monoisotopic (exact) mass is 511 g/mol. The van der Waals surface area contributed by atoms with Crippen molar-refractivity contribution in [1.82, 2.24) is 25.7 Å². The second-order valence-electron chi connectivity index (χ2n) is 8.60. The second kappa shape index (κ2) is 12.1. The van der Waals surface area contributed by atoms with Crippen molar-refractivity contribution in [2.45, 2.75) is 64.5 Å². The zero-order chi connectivity index (χ0) is 26.3. The molecule has 1 aliphatic rings. The van der Waals surface area contributed by atoms with E-state index in [9.17, 15) is 23.2 Å². The van der Waals surface area contributed by atoms with Crippen LogP contribution in [-0.4, -0.2) is 77.1 Å². The van der Waals surface area contributed by atoms with Crippen LogP contribution in [0.5, 0.6) is 0 Å². The van der Waals surface area contributed by atoms with Gasteiger partial charge in [0.15, 0.2) is 11.5 Å². The number of hydrogen-bond donors (Lipinski definition) is 2. The maximum Gasteiger partial charge on any atom is 0.318 e. The van der Waals surface area contributed by atoms with Crippen LogP contribution in [0.3, 0.4) is 0 Å². The van der Waals surface area contributed by atoms with Crippen molar-refractivity contribution in [3.63, 3.8) is 0 Å². The van der Waals surface area contributed by atoms with Crippen molar-refractivity contribution < 1.29 is 36.8 Å². The van der Waals surface area contributed by atoms with Crippen LogP contribution < -0.4 is 10.6 Å². The molecule has 198 valence electrons. The molecular formula is C23H31F2N5O6. The van der Waals surface area contributed by atoms with Crippen LogP contribution in [0.4, 0.5) is 13.6 Å². The summed E-state index contributed by atoms with van der Waals surface area (Å²) in [6, 6.07) is -1.70. The highest BCUT2D eigenvalue weighted by atomic mass is 19.3. The topological polar surface area (TPSA) is 140 Å². The molecule has 3 rings (SSSR count). The number of nitrogens with zero attached hydrogens (tertiary/aromatic N) is 3. The summed E-state index contributed by atoms with van der Waals surface area (Å²) in [5.41, 5.74) is 0.347. The number of alkyl halides is 2. The molecule has 3 heterocycles. The van der Waals surface area contributed by atoms with Gasteiger partial charge in [-0.1, -0.05) is 25.4 Å². The quantitative estimate of drug-likeness (QED) is 0.439. The predicted octanol–water partition coefficient (Wildman–Crippen LogP) is 2.95. The Hall–Kier alpha value is -3.35. The number of hydrogen-bond acceptors (Lipinski definition) is 8. The fourth-order valence-corrected chi connectivity index (χ4v) is 3.75. The smallest absolute Gasteiger partial charge is 0.318 e. The molecule has 36 heavy (non-hydrogen) atoms. The maximum absolute atomic E-state index is 14.5. The van der Waals surface area contributed by atoms with E-state index in [-0.39, 0.29) is 37.6 Å². The van der Waals surface area contributed by atoms with Gasteiger partial charge in [-0.15, -0.1) is 0 Å². The number of urea groups is 1. The Bertz CT molecular complexity index is 1050. The molecule has 11 nitrogen and oxygen atoms in total. The van der Waals surface area contributed by atoms with E-state index in [1.165, 1.54) is 11.1 Å². The summed E-state index contributed by atoms with van der Waals surface area (Å²) in [6.45, 7) is 6.12. The highest BCUT2D eigenvalue weighted by Gasteiger charge is 2.38. The lowest BCUT2D eigenvalue weighted by Crippen LogP contribution is -2.56. The minimum absolute atomic E-state index is 0.140. The molecule has 1 aliphatic heterocycles. The number of nitrogens with one attached hydrogen (secondary N) is 2. The molecule has 1 fully saturated rings. The lowest BCUT2D eigenvalue weighted by Gasteiger charge is -2.30. The zero-order valence-electron chi connectivity index (χ0n) is 20.5. The van der Waals surface area contributed by atoms with E-state index >= 15 is 0 Å². The van der Waals surface area contributed by atoms with Gasteiger partial charge in [-0.2, -0.15) is 0 Å². The second-order valence-corrected chi connectivity index (χ2v) is 8.60. The molecule has 1 saturated heterocycles. The fourth-order valence-electron chi connectivity index (χ4n) is 3.75. The molecule has 2 atom stereocenters. The molecule has 2 aromatic heterocycles. The summed E-state index contributed by atoms with van der Waals surface area (Å²) in [6.07, 6.45) is 0.298. The summed E-state index contributed by atoms with van der Waals surface area (Å²) in [4.78, 5) is 44.0. The van der Waals surface area contributed by atoms with Crippen LogP contribution in [0.25, 0.3) is 11.5 Å². The highest BCUT2D eigenvalue weighted by molar-refractivity contribution is 5.99. The van der Waals surface area contributed by atoms with Crippen molar-refractivity contribution in [1.29, 1.82) is 0 Å². The van der Waals surface area contributed by atoms with Gasteiger partial charge in [-0.25, -0.2) is 18.6 Å². The minimum Gasteiger partial charge on any atom is -0.432 e. The number of carbonyl (C=O) groups excluding carboxylic acids is 3. The van der Waals surface area contributed by atoms with E-state index in [1.54, 1.807) is 26.8 Å². The Kier molecular flexibility index (Phi) is 9.13. The molecule has 1 unspecified atom stereocenters. The number of ether oxygens (including phenoxy) is 1. The Labute approximate surface area is 206 Å². The Morgan fingerprint density at radius 3 is 2.50 bits per heavy atom. The van der Waals surface area contributed by atoms with Crippen molar-refractivity contribution in [2.24, 2.45) is 0 Å². The van der Waals surface area contributed by atoms with Crippen molar-refractivity contribution >= 4 is 17.7 Å². The molecule has 13 heteroatoms. The standard InChI is InChI=1S/C23H31F2N5O6/c1-4-6-23(24,25)12-17(28-22(33)30-7-9-34-10-8-30)20(32)27-15(5-2)19(31)21-26-13-18(35-21)16-11-14(3)36-29-16/h11,13,15,17H,4-10,12H2,1-3H3,(H,27,32)(H,28,33)/t15?,17-/m0/s1. The van der Waals surface area contributed by atoms with Gasteiger partial charge in [0, 0.05) is 32.0 Å². The first-order valence-electron chi connectivity index (χ1n) is 11.9. The number of rotatable bonds is 11. The van der Waals surface area contributed by atoms with E-state index in [1.807, 2.05) is 0 Å². The SMILES string of the molecule is CCCC(F)(F)C[C@H](NC(=O)N1CCOCC1)C(=O)NC(CC)C(=O)c1ncc(-c2cc(C)on2)o1. The fraction of sp³-hybridized carbons (Fsp3) is 0.609. The molecule has 0 bridgehead atoms. The Morgan fingerprint density at radius 2 is 1.89 bits per heavy atom. The van der Waals surface area contributed by atoms with Crippen LogP contribution in [0.15, 0.2) is 21.2 Å². The van der Waals surface area contributed by atoms with Crippen molar-refractivity contribution in [2.75, 3.05) is 26.3 Å². The molecule has 0 spiro atoms. The summed E-state index contributed by atoms with van der Waals surface area (Å²) < 4.78 is 44.6. The largest absolute Gasteiger partial charge is 0.432 e. The Morgan fingerprint density at radius 1 is 1.17 bits per heavy atom. The molecular weight excluding hydrogens is 480 g/mol. The molecule has 2 aromatic rings. The summed E-state index contributed by atoms with van der Waals surface area (Å²) in [7, 11) is 0. The van der Waals surface area contributed by atoms with E-state index in [2.05, 4.69) is 20.8 Å². The first-order chi connectivity index (χ1) is 17.1. The number of aromatic nitrogens is 2. The van der Waals surface area contributed by atoms with Gasteiger partial charge >= 0.3 is 6.03 Å². The van der Waals surface area contributed by atoms with E-state index in [0.29, 0.717) is 24.7 Å². The minimum atomic E-state index is -3.19. The average Bonchev–Trinajstić information content (AvgIpc) is 3.51. The summed E-state index contributed by atoms with van der Waals surface area (Å²) in [5, 5.41) is 8.68. The van der Waals surface area contributed by atoms with Gasteiger partial charge in [0.2, 0.25) is 11.7 Å². The van der Waals surface area contributed by atoms with Gasteiger partial charge in [-0.3, -0.25) is 9.59 Å². The number of halogens is 2. The molecule has 0 saturated carbocycles. The highest BCUT2D eigenvalue weighted by Crippen LogP contribution is 2.26. The van der Waals surface area contributed by atoms with Crippen LogP contribution >= 0.6 is 0 Å². The van der Waals surface area contributed by atoms with Crippen LogP contribution in [-0.2, 0) is 9.53 Å². The summed E-state index contributed by atoms with van der Waals surface area (Å²) in [5.74, 6) is -4.26. The number of amides is 3. The Balaban J connectivity index is 1.72. The molecule has 0 radical (unpaired) electrons. The lowest BCUT2D eigenvalue weighted by atomic mass is 10.0. The third kappa shape index (κ3) is 7.09. The van der Waals surface area contributed by atoms with Gasteiger partial charge in [0.1, 0.15) is 11.8 Å².